The van der Waals surface area contributed by atoms with Gasteiger partial charge in [0.15, 0.2) is 17.2 Å². The second-order valence-corrected chi connectivity index (χ2v) is 8.80. The minimum absolute atomic E-state index is 0.0435. The molecule has 1 saturated heterocycles. The van der Waals surface area contributed by atoms with Crippen molar-refractivity contribution in [1.29, 1.82) is 0 Å². The molecule has 1 saturated carbocycles. The van der Waals surface area contributed by atoms with E-state index < -0.39 is 64.8 Å². The number of benzene rings is 1. The van der Waals surface area contributed by atoms with Gasteiger partial charge in [-0.3, -0.25) is 14.6 Å². The number of pyridine rings is 1. The van der Waals surface area contributed by atoms with E-state index in [1.165, 1.54) is 12.3 Å². The second kappa shape index (κ2) is 8.74. The van der Waals surface area contributed by atoms with Gasteiger partial charge in [0.25, 0.3) is 11.8 Å². The first-order valence-corrected chi connectivity index (χ1v) is 10.7. The minimum atomic E-state index is -4.87. The Morgan fingerprint density at radius 2 is 1.91 bits per heavy atom. The summed E-state index contributed by atoms with van der Waals surface area (Å²) in [7, 11) is 1.06. The number of alkyl halides is 3. The van der Waals surface area contributed by atoms with Crippen molar-refractivity contribution in [3.63, 3.8) is 0 Å². The van der Waals surface area contributed by atoms with Crippen LogP contribution in [0.4, 0.5) is 27.6 Å². The number of nitrogens with zero attached hydrogens (tertiary/aromatic N) is 1. The summed E-state index contributed by atoms with van der Waals surface area (Å²) in [4.78, 5) is 28.4. The molecular formula is C23H22F5N3O4. The molecule has 2 fully saturated rings. The van der Waals surface area contributed by atoms with E-state index in [2.05, 4.69) is 10.3 Å². The van der Waals surface area contributed by atoms with Crippen molar-refractivity contribution in [2.24, 2.45) is 17.6 Å². The fourth-order valence-corrected chi connectivity index (χ4v) is 4.85. The Morgan fingerprint density at radius 3 is 2.49 bits per heavy atom. The average molecular weight is 499 g/mol. The Bertz CT molecular complexity index is 1170. The highest BCUT2D eigenvalue weighted by Gasteiger charge is 2.70. The molecule has 0 unspecified atom stereocenters. The molecule has 0 radical (unpaired) electrons. The van der Waals surface area contributed by atoms with Crippen LogP contribution in [0.1, 0.15) is 41.7 Å². The smallest absolute Gasteiger partial charge is 0.417 e. The first-order chi connectivity index (χ1) is 16.4. The maximum atomic E-state index is 14.6. The van der Waals surface area contributed by atoms with Crippen LogP contribution < -0.4 is 15.8 Å². The number of hydrogen-bond acceptors (Lipinski definition) is 5. The molecule has 0 bridgehead atoms. The molecule has 1 aliphatic heterocycles. The zero-order valence-corrected chi connectivity index (χ0v) is 18.7. The number of anilines is 1. The molecule has 2 heterocycles. The molecule has 1 aliphatic carbocycles. The fourth-order valence-electron chi connectivity index (χ4n) is 4.85. The number of ether oxygens (including phenoxy) is 2. The summed E-state index contributed by atoms with van der Waals surface area (Å²) in [6, 6.07) is 4.36. The number of carbonyl (C=O) groups is 2. The Morgan fingerprint density at radius 1 is 1.23 bits per heavy atom. The van der Waals surface area contributed by atoms with Gasteiger partial charge in [-0.15, -0.1) is 0 Å². The van der Waals surface area contributed by atoms with Crippen molar-refractivity contribution in [1.82, 2.24) is 4.98 Å². The highest BCUT2D eigenvalue weighted by molar-refractivity contribution is 5.97. The summed E-state index contributed by atoms with van der Waals surface area (Å²) in [5.41, 5.74) is 2.21. The van der Waals surface area contributed by atoms with Crippen LogP contribution in [0.25, 0.3) is 0 Å². The molecule has 2 amide bonds. The number of carbonyl (C=O) groups excluding carboxylic acids is 2. The van der Waals surface area contributed by atoms with Crippen LogP contribution in [-0.4, -0.2) is 41.8 Å². The monoisotopic (exact) mass is 499 g/mol. The lowest BCUT2D eigenvalue weighted by molar-refractivity contribution is -0.275. The minimum Gasteiger partial charge on any atom is -0.493 e. The van der Waals surface area contributed by atoms with Crippen molar-refractivity contribution in [2.75, 3.05) is 12.4 Å². The Labute approximate surface area is 196 Å². The Kier molecular flexibility index (Phi) is 6.20. The van der Waals surface area contributed by atoms with Gasteiger partial charge in [0.05, 0.1) is 7.11 Å². The van der Waals surface area contributed by atoms with Crippen LogP contribution in [0.15, 0.2) is 30.5 Å². The summed E-state index contributed by atoms with van der Waals surface area (Å²) >= 11 is 0. The van der Waals surface area contributed by atoms with E-state index in [0.29, 0.717) is 12.8 Å². The lowest BCUT2D eigenvalue weighted by Crippen LogP contribution is -2.49. The van der Waals surface area contributed by atoms with Crippen LogP contribution in [-0.2, 0) is 9.53 Å². The van der Waals surface area contributed by atoms with Crippen molar-refractivity contribution in [2.45, 2.75) is 43.6 Å². The molecule has 4 rings (SSSR count). The van der Waals surface area contributed by atoms with E-state index in [1.807, 2.05) is 0 Å². The molecule has 7 nitrogen and oxygen atoms in total. The van der Waals surface area contributed by atoms with E-state index in [4.69, 9.17) is 15.2 Å². The predicted molar refractivity (Wildman–Crippen MR) is 113 cm³/mol. The molecule has 1 aromatic heterocycles. The Balaban J connectivity index is 1.81. The van der Waals surface area contributed by atoms with Gasteiger partial charge in [0.2, 0.25) is 5.82 Å². The number of aromatic nitrogens is 1. The number of nitrogens with two attached hydrogens (primary N) is 1. The van der Waals surface area contributed by atoms with Crippen LogP contribution in [0, 0.1) is 23.5 Å². The molecule has 188 valence electrons. The highest BCUT2D eigenvalue weighted by Crippen LogP contribution is 2.62. The lowest BCUT2D eigenvalue weighted by Gasteiger charge is -2.34. The largest absolute Gasteiger partial charge is 0.493 e. The quantitative estimate of drug-likeness (QED) is 0.587. The van der Waals surface area contributed by atoms with Gasteiger partial charge in [-0.25, -0.2) is 4.39 Å². The van der Waals surface area contributed by atoms with Gasteiger partial charge in [0, 0.05) is 29.3 Å². The van der Waals surface area contributed by atoms with E-state index in [-0.39, 0.29) is 16.9 Å². The third kappa shape index (κ3) is 4.30. The van der Waals surface area contributed by atoms with Gasteiger partial charge in [-0.05, 0) is 43.9 Å². The maximum absolute atomic E-state index is 14.6. The van der Waals surface area contributed by atoms with Gasteiger partial charge < -0.3 is 20.5 Å². The molecule has 1 aromatic carbocycles. The standard InChI is InChI=1S/C23H22F5N3O4/c1-22(23(26,27)28)16(10-3-4-10)15(12-5-6-13(24)17(25)18(12)34-2)19(35-22)21(33)31-11-7-8-30-14(9-11)20(29)32/h5-10,15-16,19H,3-4H2,1-2H3,(H2,29,32)(H,30,31,33)/t15-,16+,19+,22+/m1/s1. The normalized spacial score (nSPS) is 26.4. The zero-order valence-electron chi connectivity index (χ0n) is 18.7. The number of nitrogens with one attached hydrogen (secondary N) is 1. The first-order valence-electron chi connectivity index (χ1n) is 10.7. The van der Waals surface area contributed by atoms with Gasteiger partial charge in [0.1, 0.15) is 11.8 Å². The maximum Gasteiger partial charge on any atom is 0.417 e. The summed E-state index contributed by atoms with van der Waals surface area (Å²) in [6.45, 7) is 0.861. The number of hydrogen-bond donors (Lipinski definition) is 2. The molecule has 2 aromatic rings. The number of methoxy groups -OCH3 is 1. The van der Waals surface area contributed by atoms with Crippen LogP contribution in [0.3, 0.4) is 0 Å². The lowest BCUT2D eigenvalue weighted by atomic mass is 9.73. The molecule has 0 spiro atoms. The molecule has 12 heteroatoms. The second-order valence-electron chi connectivity index (χ2n) is 8.80. The zero-order chi connectivity index (χ0) is 25.7. The van der Waals surface area contributed by atoms with Gasteiger partial charge >= 0.3 is 6.18 Å². The van der Waals surface area contributed by atoms with Crippen LogP contribution in [0.2, 0.25) is 0 Å². The van der Waals surface area contributed by atoms with Gasteiger partial charge in [-0.2, -0.15) is 17.6 Å². The van der Waals surface area contributed by atoms with Crippen molar-refractivity contribution in [3.05, 3.63) is 53.4 Å². The topological polar surface area (TPSA) is 104 Å². The SMILES string of the molecule is COc1c([C@H]2[C@@H](C(=O)Nc3ccnc(C(N)=O)c3)O[C@](C)(C(F)(F)F)[C@H]2C2CC2)ccc(F)c1F. The van der Waals surface area contributed by atoms with Crippen LogP contribution >= 0.6 is 0 Å². The third-order valence-corrected chi connectivity index (χ3v) is 6.60. The van der Waals surface area contributed by atoms with Crippen molar-refractivity contribution >= 4 is 17.5 Å². The first kappa shape index (κ1) is 24.8. The molecule has 3 N–H and O–H groups in total. The van der Waals surface area contributed by atoms with E-state index >= 15 is 0 Å². The summed E-state index contributed by atoms with van der Waals surface area (Å²) in [5.74, 6) is -8.09. The van der Waals surface area contributed by atoms with E-state index in [9.17, 15) is 31.5 Å². The average Bonchev–Trinajstić information content (AvgIpc) is 3.57. The van der Waals surface area contributed by atoms with Crippen molar-refractivity contribution < 1.29 is 41.0 Å². The highest BCUT2D eigenvalue weighted by atomic mass is 19.4. The van der Waals surface area contributed by atoms with Crippen molar-refractivity contribution in [3.8, 4) is 5.75 Å². The number of amides is 2. The number of halogens is 5. The molecular weight excluding hydrogens is 477 g/mol. The summed E-state index contributed by atoms with van der Waals surface area (Å²) in [5, 5.41) is 2.42. The van der Waals surface area contributed by atoms with E-state index in [1.54, 1.807) is 0 Å². The third-order valence-electron chi connectivity index (χ3n) is 6.60. The fraction of sp³-hybridized carbons (Fsp3) is 0.435. The summed E-state index contributed by atoms with van der Waals surface area (Å²) in [6.07, 6.45) is -4.49. The molecule has 35 heavy (non-hydrogen) atoms. The van der Waals surface area contributed by atoms with Gasteiger partial charge in [-0.1, -0.05) is 6.07 Å². The number of rotatable bonds is 6. The van der Waals surface area contributed by atoms with E-state index in [0.717, 1.165) is 32.2 Å². The Hall–Kier alpha value is -3.28. The molecule has 2 aliphatic rings. The predicted octanol–water partition coefficient (Wildman–Crippen LogP) is 3.94. The van der Waals surface area contributed by atoms with Crippen LogP contribution in [0.5, 0.6) is 5.75 Å². The number of primary amides is 1. The molecule has 4 atom stereocenters. The summed E-state index contributed by atoms with van der Waals surface area (Å²) < 4.78 is 81.9.